The lowest BCUT2D eigenvalue weighted by Crippen LogP contribution is -1.94. The van der Waals surface area contributed by atoms with E-state index in [-0.39, 0.29) is 12.5 Å². The van der Waals surface area contributed by atoms with Crippen LogP contribution in [0.2, 0.25) is 0 Å². The van der Waals surface area contributed by atoms with Crippen molar-refractivity contribution in [2.24, 2.45) is 0 Å². The summed E-state index contributed by atoms with van der Waals surface area (Å²) in [6.07, 6.45) is 0. The van der Waals surface area contributed by atoms with Crippen molar-refractivity contribution in [2.45, 2.75) is 13.8 Å². The van der Waals surface area contributed by atoms with Gasteiger partial charge in [-0.25, -0.2) is 4.57 Å². The Hall–Kier alpha value is -0.180. The largest absolute Gasteiger partial charge is 0.587 e. The molecule has 0 atom stereocenters. The van der Waals surface area contributed by atoms with Crippen LogP contribution in [-0.2, 0) is 18.1 Å². The summed E-state index contributed by atoms with van der Waals surface area (Å²) < 4.78 is 26.0. The number of alkyl halides is 1. The number of rotatable bonds is 3. The van der Waals surface area contributed by atoms with Gasteiger partial charge in [0.2, 0.25) is 0 Å². The van der Waals surface area contributed by atoms with Crippen LogP contribution in [0.5, 0.6) is 0 Å². The van der Waals surface area contributed by atoms with Crippen molar-refractivity contribution in [1.29, 1.82) is 0 Å². The number of phosphoric acid groups is 1. The summed E-state index contributed by atoms with van der Waals surface area (Å²) in [5.41, 5.74) is 0. The van der Waals surface area contributed by atoms with Gasteiger partial charge in [0.25, 0.3) is 0 Å². The molecule has 0 bridgehead atoms. The lowest BCUT2D eigenvalue weighted by molar-refractivity contribution is 0.201. The van der Waals surface area contributed by atoms with Crippen molar-refractivity contribution in [3.63, 3.8) is 0 Å². The van der Waals surface area contributed by atoms with Crippen molar-refractivity contribution in [3.05, 3.63) is 11.5 Å². The van der Waals surface area contributed by atoms with E-state index in [0.29, 0.717) is 11.5 Å². The molecule has 0 aromatic carbocycles. The fourth-order valence-corrected chi connectivity index (χ4v) is 2.25. The smallest absolute Gasteiger partial charge is 0.396 e. The molecule has 1 aliphatic rings. The van der Waals surface area contributed by atoms with Gasteiger partial charge in [0.15, 0.2) is 0 Å². The van der Waals surface area contributed by atoms with Crippen LogP contribution in [0, 0.1) is 0 Å². The molecule has 6 heteroatoms. The summed E-state index contributed by atoms with van der Waals surface area (Å²) in [5, 5.41) is 0. The van der Waals surface area contributed by atoms with Gasteiger partial charge in [-0.2, -0.15) is 0 Å². The number of allylic oxidation sites excluding steroid dienone is 2. The minimum Gasteiger partial charge on any atom is -0.396 e. The standard InChI is InChI=1S/C6H10ClO4P/c1-5-6(2)11-12(8,10-5)9-4-3-7/h3-4H2,1-2H3. The first-order valence-electron chi connectivity index (χ1n) is 3.44. The molecule has 0 radical (unpaired) electrons. The van der Waals surface area contributed by atoms with Crippen LogP contribution in [-0.4, -0.2) is 12.5 Å². The highest BCUT2D eigenvalue weighted by Gasteiger charge is 2.36. The number of halogens is 1. The Morgan fingerprint density at radius 2 is 1.92 bits per heavy atom. The summed E-state index contributed by atoms with van der Waals surface area (Å²) in [6.45, 7) is 3.48. The summed E-state index contributed by atoms with van der Waals surface area (Å²) in [4.78, 5) is 0. The van der Waals surface area contributed by atoms with Gasteiger partial charge >= 0.3 is 7.82 Å². The SMILES string of the molecule is CC1=C(C)OP(=O)(OCCCl)O1. The molecule has 0 aromatic rings. The molecule has 1 aliphatic heterocycles. The summed E-state index contributed by atoms with van der Waals surface area (Å²) in [5.74, 6) is 1.25. The zero-order valence-electron chi connectivity index (χ0n) is 6.87. The third-order valence-corrected chi connectivity index (χ3v) is 2.97. The second-order valence-electron chi connectivity index (χ2n) is 2.26. The molecular formula is C6H10ClO4P. The highest BCUT2D eigenvalue weighted by Crippen LogP contribution is 2.58. The van der Waals surface area contributed by atoms with Crippen LogP contribution in [0.4, 0.5) is 0 Å². The third-order valence-electron chi connectivity index (χ3n) is 1.32. The Labute approximate surface area is 76.1 Å². The van der Waals surface area contributed by atoms with Crippen LogP contribution >= 0.6 is 19.4 Å². The lowest BCUT2D eigenvalue weighted by Gasteiger charge is -2.09. The average molecular weight is 213 g/mol. The predicted molar refractivity (Wildman–Crippen MR) is 44.8 cm³/mol. The minimum atomic E-state index is -3.36. The topological polar surface area (TPSA) is 44.8 Å². The van der Waals surface area contributed by atoms with Gasteiger partial charge in [-0.1, -0.05) is 0 Å². The molecule has 12 heavy (non-hydrogen) atoms. The van der Waals surface area contributed by atoms with Gasteiger partial charge in [-0.05, 0) is 13.8 Å². The van der Waals surface area contributed by atoms with Crippen LogP contribution in [0.25, 0.3) is 0 Å². The lowest BCUT2D eigenvalue weighted by atomic mass is 10.5. The van der Waals surface area contributed by atoms with Crippen LogP contribution in [0.3, 0.4) is 0 Å². The van der Waals surface area contributed by atoms with E-state index < -0.39 is 7.82 Å². The maximum atomic E-state index is 11.4. The Morgan fingerprint density at radius 3 is 2.33 bits per heavy atom. The van der Waals surface area contributed by atoms with Crippen LogP contribution in [0.15, 0.2) is 11.5 Å². The zero-order valence-corrected chi connectivity index (χ0v) is 8.52. The molecule has 0 saturated heterocycles. The van der Waals surface area contributed by atoms with E-state index in [4.69, 9.17) is 25.2 Å². The molecule has 0 spiro atoms. The molecule has 0 N–H and O–H groups in total. The Bertz CT molecular complexity index is 232. The van der Waals surface area contributed by atoms with Crippen molar-refractivity contribution in [3.8, 4) is 0 Å². The molecule has 0 amide bonds. The highest BCUT2D eigenvalue weighted by molar-refractivity contribution is 7.49. The third kappa shape index (κ3) is 2.16. The molecule has 4 nitrogen and oxygen atoms in total. The number of hydrogen-bond acceptors (Lipinski definition) is 4. The summed E-state index contributed by atoms with van der Waals surface area (Å²) >= 11 is 5.34. The molecule has 70 valence electrons. The zero-order chi connectivity index (χ0) is 9.19. The normalized spacial score (nSPS) is 20.6. The number of phosphoric ester groups is 1. The monoisotopic (exact) mass is 212 g/mol. The maximum absolute atomic E-state index is 11.4. The Kier molecular flexibility index (Phi) is 3.04. The summed E-state index contributed by atoms with van der Waals surface area (Å²) in [7, 11) is -3.36. The minimum absolute atomic E-state index is 0.152. The van der Waals surface area contributed by atoms with E-state index in [1.54, 1.807) is 13.8 Å². The van der Waals surface area contributed by atoms with E-state index in [1.165, 1.54) is 0 Å². The molecule has 0 saturated carbocycles. The van der Waals surface area contributed by atoms with Gasteiger partial charge in [-0.15, -0.1) is 11.6 Å². The van der Waals surface area contributed by atoms with Gasteiger partial charge in [0, 0.05) is 5.88 Å². The van der Waals surface area contributed by atoms with Crippen molar-refractivity contribution >= 4 is 19.4 Å². The van der Waals surface area contributed by atoms with E-state index in [9.17, 15) is 4.57 Å². The van der Waals surface area contributed by atoms with E-state index in [2.05, 4.69) is 0 Å². The molecule has 0 aromatic heterocycles. The molecule has 1 rings (SSSR count). The molecule has 1 heterocycles. The quantitative estimate of drug-likeness (QED) is 0.533. The second-order valence-corrected chi connectivity index (χ2v) is 4.16. The Balaban J connectivity index is 2.52. The first-order chi connectivity index (χ1) is 5.57. The molecular weight excluding hydrogens is 202 g/mol. The van der Waals surface area contributed by atoms with Gasteiger partial charge in [0.1, 0.15) is 11.5 Å². The van der Waals surface area contributed by atoms with Crippen molar-refractivity contribution in [2.75, 3.05) is 12.5 Å². The highest BCUT2D eigenvalue weighted by atomic mass is 35.5. The van der Waals surface area contributed by atoms with Crippen molar-refractivity contribution < 1.29 is 18.1 Å². The predicted octanol–water partition coefficient (Wildman–Crippen LogP) is 2.65. The number of hydrogen-bond donors (Lipinski definition) is 0. The fourth-order valence-electron chi connectivity index (χ4n) is 0.682. The van der Waals surface area contributed by atoms with Crippen molar-refractivity contribution in [1.82, 2.24) is 0 Å². The molecule has 0 fully saturated rings. The second kappa shape index (κ2) is 3.69. The Morgan fingerprint density at radius 1 is 1.42 bits per heavy atom. The average Bonchev–Trinajstić information content (AvgIpc) is 2.24. The van der Waals surface area contributed by atoms with Gasteiger partial charge in [-0.3, -0.25) is 4.52 Å². The van der Waals surface area contributed by atoms with E-state index >= 15 is 0 Å². The van der Waals surface area contributed by atoms with Crippen LogP contribution < -0.4 is 0 Å². The van der Waals surface area contributed by atoms with E-state index in [0.717, 1.165) is 0 Å². The summed E-state index contributed by atoms with van der Waals surface area (Å²) in [6, 6.07) is 0. The first kappa shape index (κ1) is 9.90. The van der Waals surface area contributed by atoms with E-state index in [1.807, 2.05) is 0 Å². The van der Waals surface area contributed by atoms with Crippen LogP contribution in [0.1, 0.15) is 13.8 Å². The first-order valence-corrected chi connectivity index (χ1v) is 5.44. The molecule has 0 aliphatic carbocycles. The van der Waals surface area contributed by atoms with Gasteiger partial charge in [0.05, 0.1) is 6.61 Å². The van der Waals surface area contributed by atoms with Gasteiger partial charge < -0.3 is 9.05 Å². The molecule has 0 unspecified atom stereocenters. The fraction of sp³-hybridized carbons (Fsp3) is 0.667. The maximum Gasteiger partial charge on any atom is 0.587 e.